The van der Waals surface area contributed by atoms with Crippen LogP contribution in [-0.2, 0) is 30.3 Å². The van der Waals surface area contributed by atoms with Crippen LogP contribution >= 0.6 is 0 Å². The lowest BCUT2D eigenvalue weighted by Gasteiger charge is -2.34. The fourth-order valence-corrected chi connectivity index (χ4v) is 2.72. The molecular weight excluding hydrogens is 312 g/mol. The first-order valence-electron chi connectivity index (χ1n) is 7.94. The van der Waals surface area contributed by atoms with Gasteiger partial charge in [0.2, 0.25) is 5.79 Å². The Bertz CT molecular complexity index is 611. The second kappa shape index (κ2) is 6.74. The predicted octanol–water partition coefficient (Wildman–Crippen LogP) is 1.57. The maximum absolute atomic E-state index is 12.1. The molecule has 0 saturated carbocycles. The fourth-order valence-electron chi connectivity index (χ4n) is 2.72. The Hall–Kier alpha value is -1.57. The number of carbonyl (C=O) groups is 1. The average molecular weight is 334 g/mol. The Morgan fingerprint density at radius 3 is 2.67 bits per heavy atom. The third kappa shape index (κ3) is 4.09. The van der Waals surface area contributed by atoms with E-state index in [1.54, 1.807) is 13.8 Å². The monoisotopic (exact) mass is 334 g/mol. The summed E-state index contributed by atoms with van der Waals surface area (Å²) in [6.07, 6.45) is 1.16. The van der Waals surface area contributed by atoms with Crippen molar-refractivity contribution in [3.05, 3.63) is 48.0 Å². The number of benzene rings is 1. The first-order chi connectivity index (χ1) is 11.4. The fraction of sp³-hybridized carbons (Fsp3) is 0.500. The Morgan fingerprint density at radius 2 is 2.00 bits per heavy atom. The van der Waals surface area contributed by atoms with Crippen molar-refractivity contribution in [1.82, 2.24) is 0 Å². The van der Waals surface area contributed by atoms with Crippen LogP contribution in [0.25, 0.3) is 0 Å². The molecular formula is C18H22O6. The number of hydrogen-bond acceptors (Lipinski definition) is 6. The molecule has 0 spiro atoms. The van der Waals surface area contributed by atoms with Crippen molar-refractivity contribution in [3.8, 4) is 0 Å². The topological polar surface area (TPSA) is 74.2 Å². The summed E-state index contributed by atoms with van der Waals surface area (Å²) >= 11 is 0. The Morgan fingerprint density at radius 1 is 1.25 bits per heavy atom. The number of hydrogen-bond donors (Lipinski definition) is 1. The normalized spacial score (nSPS) is 32.2. The molecule has 3 rings (SSSR count). The average Bonchev–Trinajstić information content (AvgIpc) is 2.91. The Labute approximate surface area is 141 Å². The molecule has 2 heterocycles. The van der Waals surface area contributed by atoms with E-state index in [4.69, 9.17) is 18.9 Å². The molecule has 130 valence electrons. The molecule has 2 aliphatic rings. The second-order valence-corrected chi connectivity index (χ2v) is 6.46. The second-order valence-electron chi connectivity index (χ2n) is 6.46. The van der Waals surface area contributed by atoms with Gasteiger partial charge in [-0.2, -0.15) is 0 Å². The molecule has 24 heavy (non-hydrogen) atoms. The molecule has 2 aliphatic heterocycles. The third-order valence-corrected chi connectivity index (χ3v) is 3.91. The van der Waals surface area contributed by atoms with Crippen molar-refractivity contribution in [2.45, 2.75) is 44.2 Å². The third-order valence-electron chi connectivity index (χ3n) is 3.91. The first kappa shape index (κ1) is 17.3. The van der Waals surface area contributed by atoms with Gasteiger partial charge < -0.3 is 24.1 Å². The summed E-state index contributed by atoms with van der Waals surface area (Å²) in [5.41, 5.74) is 0.989. The van der Waals surface area contributed by atoms with E-state index in [0.717, 1.165) is 5.56 Å². The molecule has 3 atom stereocenters. The van der Waals surface area contributed by atoms with Gasteiger partial charge in [0.25, 0.3) is 0 Å². The van der Waals surface area contributed by atoms with Crippen LogP contribution in [-0.4, -0.2) is 47.9 Å². The van der Waals surface area contributed by atoms with E-state index < -0.39 is 23.8 Å². The van der Waals surface area contributed by atoms with Crippen LogP contribution in [0.1, 0.15) is 19.4 Å². The number of carbonyl (C=O) groups excluding carboxylic acids is 1. The quantitative estimate of drug-likeness (QED) is 0.881. The van der Waals surface area contributed by atoms with Crippen LogP contribution in [0.2, 0.25) is 0 Å². The van der Waals surface area contributed by atoms with E-state index in [-0.39, 0.29) is 19.0 Å². The molecule has 0 aliphatic carbocycles. The van der Waals surface area contributed by atoms with Crippen LogP contribution in [0, 0.1) is 0 Å². The first-order valence-corrected chi connectivity index (χ1v) is 7.94. The minimum absolute atomic E-state index is 0.0842. The van der Waals surface area contributed by atoms with Crippen LogP contribution in [0.4, 0.5) is 0 Å². The van der Waals surface area contributed by atoms with E-state index in [2.05, 4.69) is 0 Å². The van der Waals surface area contributed by atoms with Crippen molar-refractivity contribution in [1.29, 1.82) is 0 Å². The summed E-state index contributed by atoms with van der Waals surface area (Å²) in [4.78, 5) is 12.1. The summed E-state index contributed by atoms with van der Waals surface area (Å²) in [5.74, 6) is -2.69. The minimum atomic E-state index is -1.66. The zero-order chi connectivity index (χ0) is 17.2. The lowest BCUT2D eigenvalue weighted by atomic mass is 10.0. The van der Waals surface area contributed by atoms with Gasteiger partial charge in [-0.15, -0.1) is 0 Å². The minimum Gasteiger partial charge on any atom is -0.371 e. The summed E-state index contributed by atoms with van der Waals surface area (Å²) in [7, 11) is 0. The zero-order valence-electron chi connectivity index (χ0n) is 13.8. The molecule has 0 bridgehead atoms. The Kier molecular flexibility index (Phi) is 4.85. The van der Waals surface area contributed by atoms with Gasteiger partial charge in [-0.1, -0.05) is 30.3 Å². The summed E-state index contributed by atoms with van der Waals surface area (Å²) in [5, 5.41) is 10.5. The van der Waals surface area contributed by atoms with E-state index in [1.165, 1.54) is 12.2 Å². The highest BCUT2D eigenvalue weighted by molar-refractivity contribution is 5.95. The van der Waals surface area contributed by atoms with Gasteiger partial charge in [-0.05, 0) is 31.6 Å². The molecule has 1 aromatic carbocycles. The maximum Gasteiger partial charge on any atom is 0.210 e. The Balaban J connectivity index is 1.59. The molecule has 0 radical (unpaired) electrons. The summed E-state index contributed by atoms with van der Waals surface area (Å²) in [6.45, 7) is 4.03. The number of aliphatic hydroxyl groups is 1. The van der Waals surface area contributed by atoms with Crippen LogP contribution in [0.5, 0.6) is 0 Å². The van der Waals surface area contributed by atoms with Crippen molar-refractivity contribution in [3.63, 3.8) is 0 Å². The van der Waals surface area contributed by atoms with Gasteiger partial charge in [0, 0.05) is 0 Å². The highest BCUT2D eigenvalue weighted by Gasteiger charge is 2.45. The molecule has 1 saturated heterocycles. The number of ether oxygens (including phenoxy) is 4. The van der Waals surface area contributed by atoms with Crippen molar-refractivity contribution < 1.29 is 28.8 Å². The number of ketones is 1. The highest BCUT2D eigenvalue weighted by atomic mass is 16.8. The predicted molar refractivity (Wildman–Crippen MR) is 85.0 cm³/mol. The lowest BCUT2D eigenvalue weighted by molar-refractivity contribution is -0.246. The van der Waals surface area contributed by atoms with Crippen LogP contribution in [0.15, 0.2) is 42.5 Å². The highest BCUT2D eigenvalue weighted by Crippen LogP contribution is 2.30. The smallest absolute Gasteiger partial charge is 0.210 e. The molecule has 6 heteroatoms. The molecule has 1 unspecified atom stereocenters. The summed E-state index contributed by atoms with van der Waals surface area (Å²) < 4.78 is 22.3. The van der Waals surface area contributed by atoms with E-state index >= 15 is 0 Å². The van der Waals surface area contributed by atoms with Crippen LogP contribution in [0.3, 0.4) is 0 Å². The lowest BCUT2D eigenvalue weighted by Crippen LogP contribution is -2.50. The van der Waals surface area contributed by atoms with Gasteiger partial charge >= 0.3 is 0 Å². The van der Waals surface area contributed by atoms with Gasteiger partial charge in [-0.3, -0.25) is 4.79 Å². The summed E-state index contributed by atoms with van der Waals surface area (Å²) in [6, 6.07) is 9.61. The van der Waals surface area contributed by atoms with E-state index in [9.17, 15) is 9.90 Å². The standard InChI is InChI=1S/C18H22O6/c1-17(2)22-11-15(23-17)16-14(19)8-9-18(20,24-16)12-21-10-13-6-4-3-5-7-13/h3-9,15-16,20H,10-12H2,1-2H3/t15-,16+,18?/m1/s1. The SMILES string of the molecule is CC1(C)OC[C@H]([C@H]2OC(O)(COCc3ccccc3)C=CC2=O)O1. The van der Waals surface area contributed by atoms with Crippen LogP contribution < -0.4 is 0 Å². The van der Waals surface area contributed by atoms with E-state index in [0.29, 0.717) is 6.61 Å². The van der Waals surface area contributed by atoms with Gasteiger partial charge in [0.05, 0.1) is 13.2 Å². The van der Waals surface area contributed by atoms with Gasteiger partial charge in [-0.25, -0.2) is 0 Å². The molecule has 0 amide bonds. The van der Waals surface area contributed by atoms with Crippen molar-refractivity contribution >= 4 is 5.78 Å². The largest absolute Gasteiger partial charge is 0.371 e. The molecule has 1 aromatic rings. The van der Waals surface area contributed by atoms with E-state index in [1.807, 2.05) is 30.3 Å². The van der Waals surface area contributed by atoms with Gasteiger partial charge in [0.15, 0.2) is 17.7 Å². The molecule has 6 nitrogen and oxygen atoms in total. The van der Waals surface area contributed by atoms with Gasteiger partial charge in [0.1, 0.15) is 12.7 Å². The van der Waals surface area contributed by atoms with Crippen molar-refractivity contribution in [2.24, 2.45) is 0 Å². The zero-order valence-corrected chi connectivity index (χ0v) is 13.8. The van der Waals surface area contributed by atoms with Crippen molar-refractivity contribution in [2.75, 3.05) is 13.2 Å². The molecule has 0 aromatic heterocycles. The maximum atomic E-state index is 12.1. The molecule has 1 N–H and O–H groups in total. The molecule has 1 fully saturated rings. The number of rotatable bonds is 5.